The van der Waals surface area contributed by atoms with Crippen LogP contribution in [-0.4, -0.2) is 26.6 Å². The van der Waals surface area contributed by atoms with E-state index >= 15 is 0 Å². The van der Waals surface area contributed by atoms with Crippen LogP contribution in [0.3, 0.4) is 0 Å². The number of benzene rings is 2. The Morgan fingerprint density at radius 3 is 1.88 bits per heavy atom. The molecule has 2 aromatic carbocycles. The normalized spacial score (nSPS) is 13.0. The summed E-state index contributed by atoms with van der Waals surface area (Å²) in [6.45, 7) is 9.72. The average molecular weight is 369 g/mol. The van der Waals surface area contributed by atoms with E-state index in [1.165, 1.54) is 10.4 Å². The maximum Gasteiger partial charge on any atom is 0.261 e. The van der Waals surface area contributed by atoms with E-state index < -0.39 is 8.32 Å². The van der Waals surface area contributed by atoms with Gasteiger partial charge in [0, 0.05) is 6.61 Å². The van der Waals surface area contributed by atoms with E-state index in [2.05, 4.69) is 87.5 Å². The molecule has 1 N–H and O–H groups in total. The van der Waals surface area contributed by atoms with Gasteiger partial charge >= 0.3 is 0 Å². The molecule has 0 spiro atoms. The number of rotatable bonds is 8. The van der Waals surface area contributed by atoms with Gasteiger partial charge in [-0.25, -0.2) is 0 Å². The molecule has 0 amide bonds. The van der Waals surface area contributed by atoms with Crippen LogP contribution in [0.15, 0.2) is 72.3 Å². The summed E-state index contributed by atoms with van der Waals surface area (Å²) in [7, 11) is -2.40. The third-order valence-corrected chi connectivity index (χ3v) is 9.87. The Bertz CT molecular complexity index is 648. The quantitative estimate of drug-likeness (QED) is 0.428. The lowest BCUT2D eigenvalue weighted by atomic mass is 10.2. The smallest absolute Gasteiger partial charge is 0.261 e. The molecule has 0 unspecified atom stereocenters. The molecular formula is C23H32O2Si. The number of hydrogen-bond donors (Lipinski definition) is 1. The van der Waals surface area contributed by atoms with E-state index in [1.54, 1.807) is 0 Å². The summed E-state index contributed by atoms with van der Waals surface area (Å²) in [6.07, 6.45) is 4.00. The fourth-order valence-electron chi connectivity index (χ4n) is 3.48. The van der Waals surface area contributed by atoms with Crippen molar-refractivity contribution < 1.29 is 9.53 Å². The molecule has 2 aromatic rings. The van der Waals surface area contributed by atoms with Crippen LogP contribution in [0, 0.1) is 0 Å². The van der Waals surface area contributed by atoms with Crippen molar-refractivity contribution in [1.82, 2.24) is 0 Å². The van der Waals surface area contributed by atoms with Gasteiger partial charge in [-0.15, -0.1) is 0 Å². The van der Waals surface area contributed by atoms with Crippen LogP contribution >= 0.6 is 0 Å². The van der Waals surface area contributed by atoms with Crippen LogP contribution in [-0.2, 0) is 4.43 Å². The predicted octanol–water partition coefficient (Wildman–Crippen LogP) is 4.28. The molecule has 2 nitrogen and oxygen atoms in total. The Morgan fingerprint density at radius 2 is 1.46 bits per heavy atom. The molecule has 0 bridgehead atoms. The molecule has 0 saturated carbocycles. The second-order valence-corrected chi connectivity index (χ2v) is 12.2. The molecule has 140 valence electrons. The van der Waals surface area contributed by atoms with Crippen molar-refractivity contribution in [3.05, 3.63) is 72.3 Å². The molecule has 0 aliphatic heterocycles. The minimum Gasteiger partial charge on any atom is -0.407 e. The van der Waals surface area contributed by atoms with Crippen molar-refractivity contribution >= 4 is 18.7 Å². The maximum atomic E-state index is 9.13. The first-order chi connectivity index (χ1) is 12.4. The molecule has 0 atom stereocenters. The van der Waals surface area contributed by atoms with Crippen molar-refractivity contribution in [1.29, 1.82) is 0 Å². The van der Waals surface area contributed by atoms with Gasteiger partial charge in [0.15, 0.2) is 0 Å². The zero-order valence-corrected chi connectivity index (χ0v) is 17.5. The second-order valence-electron chi connectivity index (χ2n) is 7.86. The molecule has 0 aromatic heterocycles. The molecule has 0 radical (unpaired) electrons. The largest absolute Gasteiger partial charge is 0.407 e. The Hall–Kier alpha value is -1.68. The molecular weight excluding hydrogens is 336 g/mol. The zero-order valence-electron chi connectivity index (χ0n) is 16.5. The lowest BCUT2D eigenvalue weighted by Gasteiger charge is -2.43. The fraction of sp³-hybridized carbons (Fsp3) is 0.391. The minimum absolute atomic E-state index is 0.0204. The maximum absolute atomic E-state index is 9.13. The van der Waals surface area contributed by atoms with Gasteiger partial charge in [-0.2, -0.15) is 0 Å². The molecule has 0 saturated heterocycles. The van der Waals surface area contributed by atoms with Gasteiger partial charge in [-0.1, -0.05) is 93.1 Å². The third-order valence-electron chi connectivity index (χ3n) is 4.83. The van der Waals surface area contributed by atoms with Crippen LogP contribution < -0.4 is 10.4 Å². The summed E-state index contributed by atoms with van der Waals surface area (Å²) in [5, 5.41) is 11.8. The number of aliphatic hydroxyl groups excluding tert-OH is 1. The van der Waals surface area contributed by atoms with Crippen LogP contribution in [0.25, 0.3) is 0 Å². The first-order valence-corrected chi connectivity index (χ1v) is 11.3. The van der Waals surface area contributed by atoms with Crippen LogP contribution in [0.4, 0.5) is 0 Å². The summed E-state index contributed by atoms with van der Waals surface area (Å²) in [5.74, 6) is 0. The Labute approximate surface area is 159 Å². The molecule has 0 heterocycles. The fourth-order valence-corrected chi connectivity index (χ4v) is 8.09. The highest BCUT2D eigenvalue weighted by molar-refractivity contribution is 6.99. The summed E-state index contributed by atoms with van der Waals surface area (Å²) >= 11 is 0. The van der Waals surface area contributed by atoms with Gasteiger partial charge in [0.25, 0.3) is 8.32 Å². The highest BCUT2D eigenvalue weighted by atomic mass is 28.4. The number of unbranched alkanes of at least 4 members (excludes halogenated alkanes) is 1. The van der Waals surface area contributed by atoms with Gasteiger partial charge in [0.05, 0.1) is 6.61 Å². The van der Waals surface area contributed by atoms with Crippen LogP contribution in [0.5, 0.6) is 0 Å². The topological polar surface area (TPSA) is 29.5 Å². The Balaban J connectivity index is 2.35. The summed E-state index contributed by atoms with van der Waals surface area (Å²) in [5.41, 5.74) is 1.02. The van der Waals surface area contributed by atoms with Gasteiger partial charge in [0.2, 0.25) is 0 Å². The van der Waals surface area contributed by atoms with Crippen LogP contribution in [0.2, 0.25) is 5.04 Å². The number of aliphatic hydroxyl groups is 1. The monoisotopic (exact) mass is 368 g/mol. The van der Waals surface area contributed by atoms with Gasteiger partial charge in [0.1, 0.15) is 0 Å². The van der Waals surface area contributed by atoms with E-state index in [1.807, 2.05) is 6.92 Å². The summed E-state index contributed by atoms with van der Waals surface area (Å²) in [6, 6.07) is 21.5. The van der Waals surface area contributed by atoms with Crippen molar-refractivity contribution in [2.24, 2.45) is 0 Å². The molecule has 0 fully saturated rings. The highest BCUT2D eigenvalue weighted by Crippen LogP contribution is 2.36. The summed E-state index contributed by atoms with van der Waals surface area (Å²) < 4.78 is 6.83. The lowest BCUT2D eigenvalue weighted by Crippen LogP contribution is -2.66. The SMILES string of the molecule is C/C(=C\CCCO[Si](c1ccccc1)(c1ccccc1)C(C)(C)C)CO. The van der Waals surface area contributed by atoms with Crippen molar-refractivity contribution in [2.45, 2.75) is 45.6 Å². The highest BCUT2D eigenvalue weighted by Gasteiger charge is 2.49. The van der Waals surface area contributed by atoms with E-state index in [-0.39, 0.29) is 11.6 Å². The zero-order chi connectivity index (χ0) is 19.0. The molecule has 0 aliphatic rings. The molecule has 2 rings (SSSR count). The lowest BCUT2D eigenvalue weighted by molar-refractivity contribution is 0.292. The molecule has 0 aliphatic carbocycles. The Morgan fingerprint density at radius 1 is 0.962 bits per heavy atom. The molecule has 26 heavy (non-hydrogen) atoms. The minimum atomic E-state index is -2.40. The van der Waals surface area contributed by atoms with Crippen molar-refractivity contribution in [3.8, 4) is 0 Å². The van der Waals surface area contributed by atoms with E-state index in [0.29, 0.717) is 0 Å². The second kappa shape index (κ2) is 9.31. The van der Waals surface area contributed by atoms with Crippen molar-refractivity contribution in [2.75, 3.05) is 13.2 Å². The van der Waals surface area contributed by atoms with Crippen LogP contribution in [0.1, 0.15) is 40.5 Å². The van der Waals surface area contributed by atoms with Gasteiger partial charge in [-0.3, -0.25) is 0 Å². The van der Waals surface area contributed by atoms with E-state index in [0.717, 1.165) is 25.0 Å². The first-order valence-electron chi connectivity index (χ1n) is 9.43. The van der Waals surface area contributed by atoms with Gasteiger partial charge in [-0.05, 0) is 35.2 Å². The van der Waals surface area contributed by atoms with E-state index in [4.69, 9.17) is 9.53 Å². The number of hydrogen-bond acceptors (Lipinski definition) is 2. The third kappa shape index (κ3) is 4.73. The standard InChI is InChI=1S/C23H32O2Si/c1-20(19-24)13-11-12-18-25-26(23(2,3)4,21-14-7-5-8-15-21)22-16-9-6-10-17-22/h5-10,13-17,24H,11-12,18-19H2,1-4H3/b20-13+. The number of allylic oxidation sites excluding steroid dienone is 1. The molecule has 3 heteroatoms. The Kier molecular flexibility index (Phi) is 7.39. The van der Waals surface area contributed by atoms with Gasteiger partial charge < -0.3 is 9.53 Å². The first kappa shape index (κ1) is 20.6. The average Bonchev–Trinajstić information content (AvgIpc) is 2.65. The predicted molar refractivity (Wildman–Crippen MR) is 114 cm³/mol. The van der Waals surface area contributed by atoms with Crippen molar-refractivity contribution in [3.63, 3.8) is 0 Å². The van der Waals surface area contributed by atoms with E-state index in [9.17, 15) is 0 Å². The summed E-state index contributed by atoms with van der Waals surface area (Å²) in [4.78, 5) is 0.